The molecule has 2 heterocycles. The number of benzene rings is 2. The lowest BCUT2D eigenvalue weighted by Crippen LogP contribution is -2.44. The molecule has 2 amide bonds. The van der Waals surface area contributed by atoms with E-state index in [1.54, 1.807) is 11.8 Å². The molecule has 9 heteroatoms. The summed E-state index contributed by atoms with van der Waals surface area (Å²) in [6, 6.07) is 16.9. The van der Waals surface area contributed by atoms with Crippen LogP contribution in [0.15, 0.2) is 67.0 Å². The second-order valence-electron chi connectivity index (χ2n) is 7.39. The van der Waals surface area contributed by atoms with E-state index in [0.29, 0.717) is 18.0 Å². The summed E-state index contributed by atoms with van der Waals surface area (Å²) in [6.07, 6.45) is 3.62. The van der Waals surface area contributed by atoms with Gasteiger partial charge in [-0.15, -0.1) is 11.8 Å². The zero-order chi connectivity index (χ0) is 23.0. The van der Waals surface area contributed by atoms with E-state index in [-0.39, 0.29) is 23.0 Å². The van der Waals surface area contributed by atoms with Crippen LogP contribution in [0.3, 0.4) is 0 Å². The van der Waals surface area contributed by atoms with Gasteiger partial charge < -0.3 is 20.1 Å². The highest BCUT2D eigenvalue weighted by Gasteiger charge is 2.27. The van der Waals surface area contributed by atoms with E-state index >= 15 is 0 Å². The molecule has 33 heavy (non-hydrogen) atoms. The average Bonchev–Trinajstić information content (AvgIpc) is 3.04. The first-order chi connectivity index (χ1) is 16.1. The fourth-order valence-electron chi connectivity index (χ4n) is 3.32. The van der Waals surface area contributed by atoms with Crippen molar-refractivity contribution in [2.75, 3.05) is 19.4 Å². The molecule has 0 unspecified atom stereocenters. The number of thioether (sulfide) groups is 1. The number of nitrogens with zero attached hydrogens (tertiary/aromatic N) is 2. The van der Waals surface area contributed by atoms with Crippen molar-refractivity contribution < 1.29 is 19.1 Å². The van der Waals surface area contributed by atoms with Crippen molar-refractivity contribution in [2.24, 2.45) is 0 Å². The lowest BCUT2D eigenvalue weighted by atomic mass is 10.1. The Labute approximate surface area is 196 Å². The summed E-state index contributed by atoms with van der Waals surface area (Å²) in [5.41, 5.74) is 0.911. The topological polar surface area (TPSA) is 102 Å². The first kappa shape index (κ1) is 22.6. The number of hydrogen-bond acceptors (Lipinski definition) is 7. The Morgan fingerprint density at radius 3 is 2.45 bits per heavy atom. The molecule has 0 spiro atoms. The van der Waals surface area contributed by atoms with Gasteiger partial charge in [0.2, 0.25) is 11.7 Å². The minimum atomic E-state index is -0.394. The van der Waals surface area contributed by atoms with E-state index in [4.69, 9.17) is 9.47 Å². The van der Waals surface area contributed by atoms with Crippen LogP contribution >= 0.6 is 11.8 Å². The maximum atomic E-state index is 12.9. The Bertz CT molecular complexity index is 1080. The summed E-state index contributed by atoms with van der Waals surface area (Å²) < 4.78 is 10.8. The van der Waals surface area contributed by atoms with Gasteiger partial charge in [-0.2, -0.15) is 0 Å². The van der Waals surface area contributed by atoms with Gasteiger partial charge in [0, 0.05) is 12.6 Å². The fraction of sp³-hybridized carbons (Fsp3) is 0.250. The van der Waals surface area contributed by atoms with E-state index in [9.17, 15) is 9.59 Å². The van der Waals surface area contributed by atoms with E-state index in [1.807, 2.05) is 54.6 Å². The van der Waals surface area contributed by atoms with Crippen molar-refractivity contribution in [3.63, 3.8) is 0 Å². The Hall–Kier alpha value is -3.59. The molecule has 0 bridgehead atoms. The molecule has 0 saturated carbocycles. The van der Waals surface area contributed by atoms with Crippen LogP contribution in [0.1, 0.15) is 27.9 Å². The van der Waals surface area contributed by atoms with Gasteiger partial charge in [0.1, 0.15) is 16.7 Å². The molecule has 1 aliphatic heterocycles. The average molecular weight is 465 g/mol. The Morgan fingerprint density at radius 1 is 1.06 bits per heavy atom. The third-order valence-corrected chi connectivity index (χ3v) is 6.36. The second-order valence-corrected chi connectivity index (χ2v) is 8.60. The first-order valence-electron chi connectivity index (χ1n) is 10.5. The largest absolute Gasteiger partial charge is 0.494 e. The third kappa shape index (κ3) is 6.01. The third-order valence-electron chi connectivity index (χ3n) is 5.07. The molecule has 4 rings (SSSR count). The molecule has 3 aromatic rings. The Kier molecular flexibility index (Phi) is 7.41. The zero-order valence-electron chi connectivity index (χ0n) is 18.1. The van der Waals surface area contributed by atoms with Crippen LogP contribution in [0.2, 0.25) is 0 Å². The van der Waals surface area contributed by atoms with Crippen LogP contribution in [-0.2, 0) is 4.79 Å². The van der Waals surface area contributed by atoms with Crippen LogP contribution in [0, 0.1) is 0 Å². The van der Waals surface area contributed by atoms with Gasteiger partial charge in [0.15, 0.2) is 5.75 Å². The number of ether oxygens (including phenoxy) is 2. The molecule has 2 N–H and O–H groups in total. The van der Waals surface area contributed by atoms with E-state index in [0.717, 1.165) is 23.5 Å². The van der Waals surface area contributed by atoms with Crippen LogP contribution < -0.4 is 20.1 Å². The molecule has 2 atom stereocenters. The van der Waals surface area contributed by atoms with Gasteiger partial charge in [-0.05, 0) is 42.0 Å². The number of methoxy groups -OCH3 is 1. The Balaban J connectivity index is 1.31. The number of carbonyl (C=O) groups excluding carboxylic acids is 2. The van der Waals surface area contributed by atoms with Gasteiger partial charge in [-0.1, -0.05) is 30.3 Å². The summed E-state index contributed by atoms with van der Waals surface area (Å²) in [5.74, 6) is 2.32. The molecule has 1 aromatic heterocycles. The molecule has 1 aliphatic rings. The highest BCUT2D eigenvalue weighted by atomic mass is 32.2. The minimum Gasteiger partial charge on any atom is -0.494 e. The number of nitrogens with one attached hydrogen (secondary N) is 2. The van der Waals surface area contributed by atoms with Gasteiger partial charge in [-0.25, -0.2) is 9.97 Å². The number of para-hydroxylation sites is 1. The second kappa shape index (κ2) is 10.8. The van der Waals surface area contributed by atoms with Gasteiger partial charge in [-0.3, -0.25) is 9.59 Å². The van der Waals surface area contributed by atoms with Crippen LogP contribution in [0.25, 0.3) is 0 Å². The van der Waals surface area contributed by atoms with E-state index in [1.165, 1.54) is 19.5 Å². The van der Waals surface area contributed by atoms with Crippen molar-refractivity contribution in [1.29, 1.82) is 0 Å². The summed E-state index contributed by atoms with van der Waals surface area (Å²) in [7, 11) is 1.51. The minimum absolute atomic E-state index is 0.0563. The van der Waals surface area contributed by atoms with Gasteiger partial charge in [0.05, 0.1) is 19.5 Å². The summed E-state index contributed by atoms with van der Waals surface area (Å²) >= 11 is 1.59. The predicted octanol–water partition coefficient (Wildman–Crippen LogP) is 3.37. The van der Waals surface area contributed by atoms with Crippen LogP contribution in [0.4, 0.5) is 0 Å². The smallest absolute Gasteiger partial charge is 0.289 e. The molecule has 1 fully saturated rings. The zero-order valence-corrected chi connectivity index (χ0v) is 18.9. The fourth-order valence-corrected chi connectivity index (χ4v) is 4.55. The first-order valence-corrected chi connectivity index (χ1v) is 11.6. The molecular weight excluding hydrogens is 440 g/mol. The van der Waals surface area contributed by atoms with Gasteiger partial charge in [0.25, 0.3) is 5.91 Å². The summed E-state index contributed by atoms with van der Waals surface area (Å²) in [5, 5.41) is 5.52. The quantitative estimate of drug-likeness (QED) is 0.553. The van der Waals surface area contributed by atoms with E-state index < -0.39 is 5.91 Å². The maximum Gasteiger partial charge on any atom is 0.289 e. The molecule has 0 aliphatic carbocycles. The molecule has 0 radical (unpaired) electrons. The van der Waals surface area contributed by atoms with Crippen molar-refractivity contribution in [3.05, 3.63) is 78.4 Å². The predicted molar refractivity (Wildman–Crippen MR) is 126 cm³/mol. The number of amides is 2. The van der Waals surface area contributed by atoms with Crippen molar-refractivity contribution >= 4 is 23.6 Å². The SMILES string of the molecule is COc1cnc(C(=O)NC[C@@H]2CCS[C@H](c3ccc(Oc4ccccc4)cc3)C(=O)N2)nc1. The molecular formula is C24H24N4O4S. The lowest BCUT2D eigenvalue weighted by Gasteiger charge is -2.18. The number of carbonyl (C=O) groups is 2. The standard InChI is InChI=1S/C24H24N4O4S/c1-31-20-14-25-22(26-15-20)24(30)27-13-17-11-12-33-21(23(29)28-17)16-7-9-19(10-8-16)32-18-5-3-2-4-6-18/h2-10,14-15,17,21H,11-13H2,1H3,(H,27,30)(H,28,29)/t17-,21+/m0/s1. The molecule has 8 nitrogen and oxygen atoms in total. The Morgan fingerprint density at radius 2 is 1.76 bits per heavy atom. The lowest BCUT2D eigenvalue weighted by molar-refractivity contribution is -0.121. The molecule has 2 aromatic carbocycles. The maximum absolute atomic E-state index is 12.9. The van der Waals surface area contributed by atoms with E-state index in [2.05, 4.69) is 20.6 Å². The van der Waals surface area contributed by atoms with Crippen molar-refractivity contribution in [1.82, 2.24) is 20.6 Å². The van der Waals surface area contributed by atoms with Crippen LogP contribution in [-0.4, -0.2) is 47.2 Å². The summed E-state index contributed by atoms with van der Waals surface area (Å²) in [4.78, 5) is 33.1. The van der Waals surface area contributed by atoms with Crippen molar-refractivity contribution in [3.8, 4) is 17.2 Å². The van der Waals surface area contributed by atoms with Crippen LogP contribution in [0.5, 0.6) is 17.2 Å². The number of rotatable bonds is 7. The summed E-state index contributed by atoms with van der Waals surface area (Å²) in [6.45, 7) is 0.303. The number of hydrogen-bond donors (Lipinski definition) is 2. The van der Waals surface area contributed by atoms with Crippen molar-refractivity contribution in [2.45, 2.75) is 17.7 Å². The molecule has 1 saturated heterocycles. The highest BCUT2D eigenvalue weighted by Crippen LogP contribution is 2.33. The monoisotopic (exact) mass is 464 g/mol. The van der Waals surface area contributed by atoms with Gasteiger partial charge >= 0.3 is 0 Å². The highest BCUT2D eigenvalue weighted by molar-refractivity contribution is 8.00. The normalized spacial score (nSPS) is 18.0. The molecule has 170 valence electrons. The number of aromatic nitrogens is 2.